The third-order valence-corrected chi connectivity index (χ3v) is 5.04. The molecule has 1 aliphatic heterocycles. The molecule has 0 spiro atoms. The van der Waals surface area contributed by atoms with Gasteiger partial charge in [-0.25, -0.2) is 8.78 Å². The highest BCUT2D eigenvalue weighted by Crippen LogP contribution is 2.32. The highest BCUT2D eigenvalue weighted by atomic mass is 19.1. The smallest absolute Gasteiger partial charge is 0.243 e. The summed E-state index contributed by atoms with van der Waals surface area (Å²) in [6, 6.07) is 9.71. The van der Waals surface area contributed by atoms with Gasteiger partial charge in [-0.05, 0) is 37.9 Å². The van der Waals surface area contributed by atoms with Crippen molar-refractivity contribution in [1.29, 1.82) is 0 Å². The molecule has 0 saturated heterocycles. The van der Waals surface area contributed by atoms with Crippen molar-refractivity contribution < 1.29 is 18.4 Å². The Morgan fingerprint density at radius 2 is 1.79 bits per heavy atom. The Morgan fingerprint density at radius 3 is 2.39 bits per heavy atom. The molecule has 0 aromatic heterocycles. The standard InChI is InChI=1S/C21H23F2N3O2/c1-13(27)26-17-10-5-4-7-14(17)11-18(26)21(28)24-12-19(25(2)3)20-15(22)8-6-9-16(20)23/h4-10,18-19H,11-12H2,1-3H3,(H,24,28)/t18-,19?/m0/s1. The molecule has 0 fully saturated rings. The molecule has 1 heterocycles. The van der Waals surface area contributed by atoms with E-state index >= 15 is 0 Å². The molecule has 5 nitrogen and oxygen atoms in total. The van der Waals surface area contributed by atoms with Gasteiger partial charge in [0.1, 0.15) is 17.7 Å². The van der Waals surface area contributed by atoms with Crippen molar-refractivity contribution in [2.24, 2.45) is 0 Å². The fraction of sp³-hybridized carbons (Fsp3) is 0.333. The van der Waals surface area contributed by atoms with E-state index < -0.39 is 23.7 Å². The van der Waals surface area contributed by atoms with Crippen molar-refractivity contribution in [3.8, 4) is 0 Å². The van der Waals surface area contributed by atoms with Crippen LogP contribution in [0.4, 0.5) is 14.5 Å². The van der Waals surface area contributed by atoms with Gasteiger partial charge in [-0.2, -0.15) is 0 Å². The number of benzene rings is 2. The summed E-state index contributed by atoms with van der Waals surface area (Å²) in [5.41, 5.74) is 1.55. The van der Waals surface area contributed by atoms with Gasteiger partial charge in [-0.15, -0.1) is 0 Å². The van der Waals surface area contributed by atoms with Crippen LogP contribution in [0.5, 0.6) is 0 Å². The van der Waals surface area contributed by atoms with Gasteiger partial charge >= 0.3 is 0 Å². The summed E-state index contributed by atoms with van der Waals surface area (Å²) in [6.07, 6.45) is 0.405. The lowest BCUT2D eigenvalue weighted by molar-refractivity contribution is -0.125. The number of fused-ring (bicyclic) bond motifs is 1. The number of nitrogens with one attached hydrogen (secondary N) is 1. The molecular weight excluding hydrogens is 364 g/mol. The molecule has 1 aliphatic rings. The van der Waals surface area contributed by atoms with Gasteiger partial charge in [0.15, 0.2) is 0 Å². The van der Waals surface area contributed by atoms with Gasteiger partial charge in [0.2, 0.25) is 11.8 Å². The fourth-order valence-corrected chi connectivity index (χ4v) is 3.67. The van der Waals surface area contributed by atoms with Crippen LogP contribution in [0, 0.1) is 11.6 Å². The number of halogens is 2. The van der Waals surface area contributed by atoms with Crippen molar-refractivity contribution in [2.45, 2.75) is 25.4 Å². The van der Waals surface area contributed by atoms with Crippen LogP contribution < -0.4 is 10.2 Å². The third-order valence-electron chi connectivity index (χ3n) is 5.04. The molecule has 7 heteroatoms. The SMILES string of the molecule is CC(=O)N1c2ccccc2C[C@H]1C(=O)NCC(c1c(F)cccc1F)N(C)C. The summed E-state index contributed by atoms with van der Waals surface area (Å²) in [7, 11) is 3.38. The zero-order valence-electron chi connectivity index (χ0n) is 16.1. The first kappa shape index (κ1) is 19.9. The zero-order valence-corrected chi connectivity index (χ0v) is 16.1. The van der Waals surface area contributed by atoms with E-state index in [0.29, 0.717) is 6.42 Å². The van der Waals surface area contributed by atoms with E-state index in [2.05, 4.69) is 5.32 Å². The van der Waals surface area contributed by atoms with Crippen LogP contribution in [0.1, 0.15) is 24.1 Å². The first-order valence-electron chi connectivity index (χ1n) is 9.07. The lowest BCUT2D eigenvalue weighted by atomic mass is 10.0. The Bertz CT molecular complexity index is 881. The maximum atomic E-state index is 14.2. The Labute approximate surface area is 162 Å². The number of rotatable bonds is 5. The maximum absolute atomic E-state index is 14.2. The maximum Gasteiger partial charge on any atom is 0.243 e. The summed E-state index contributed by atoms with van der Waals surface area (Å²) in [5, 5.41) is 2.77. The van der Waals surface area contributed by atoms with E-state index in [9.17, 15) is 18.4 Å². The lowest BCUT2D eigenvalue weighted by Gasteiger charge is -2.28. The Hall–Kier alpha value is -2.80. The molecule has 2 amide bonds. The number of amides is 2. The van der Waals surface area contributed by atoms with Crippen molar-refractivity contribution >= 4 is 17.5 Å². The largest absolute Gasteiger partial charge is 0.352 e. The average Bonchev–Trinajstić information content (AvgIpc) is 3.03. The summed E-state index contributed by atoms with van der Waals surface area (Å²) in [5.74, 6) is -1.90. The van der Waals surface area contributed by atoms with E-state index in [0.717, 1.165) is 11.3 Å². The number of anilines is 1. The number of carbonyl (C=O) groups excluding carboxylic acids is 2. The van der Waals surface area contributed by atoms with Gasteiger partial charge < -0.3 is 10.2 Å². The molecule has 0 radical (unpaired) electrons. The van der Waals surface area contributed by atoms with Crippen molar-refractivity contribution in [3.63, 3.8) is 0 Å². The van der Waals surface area contributed by atoms with E-state index in [1.165, 1.54) is 30.0 Å². The molecule has 0 saturated carbocycles. The second kappa shape index (κ2) is 8.06. The molecule has 0 bridgehead atoms. The van der Waals surface area contributed by atoms with Crippen molar-refractivity contribution in [3.05, 3.63) is 65.2 Å². The summed E-state index contributed by atoms with van der Waals surface area (Å²) in [6.45, 7) is 1.43. The first-order chi connectivity index (χ1) is 13.3. The van der Waals surface area contributed by atoms with Gasteiger partial charge in [0.25, 0.3) is 0 Å². The lowest BCUT2D eigenvalue weighted by Crippen LogP contribution is -2.49. The molecule has 2 aromatic carbocycles. The van der Waals surface area contributed by atoms with Crippen LogP contribution in [0.15, 0.2) is 42.5 Å². The molecule has 2 aromatic rings. The average molecular weight is 387 g/mol. The number of hydrogen-bond acceptors (Lipinski definition) is 3. The van der Waals surface area contributed by atoms with Gasteiger partial charge in [0, 0.05) is 31.1 Å². The Morgan fingerprint density at radius 1 is 1.14 bits per heavy atom. The highest BCUT2D eigenvalue weighted by Gasteiger charge is 2.37. The predicted octanol–water partition coefficient (Wildman–Crippen LogP) is 2.66. The van der Waals surface area contributed by atoms with Crippen LogP contribution >= 0.6 is 0 Å². The minimum Gasteiger partial charge on any atom is -0.352 e. The minimum atomic E-state index is -0.681. The van der Waals surface area contributed by atoms with Crippen molar-refractivity contribution in [1.82, 2.24) is 10.2 Å². The zero-order chi connectivity index (χ0) is 20.4. The van der Waals surface area contributed by atoms with Crippen LogP contribution in [-0.4, -0.2) is 43.4 Å². The van der Waals surface area contributed by atoms with Crippen LogP contribution in [0.25, 0.3) is 0 Å². The molecule has 3 rings (SSSR count). The molecule has 0 aliphatic carbocycles. The van der Waals surface area contributed by atoms with Gasteiger partial charge in [-0.3, -0.25) is 14.5 Å². The normalized spacial score (nSPS) is 16.8. The van der Waals surface area contributed by atoms with Crippen molar-refractivity contribution in [2.75, 3.05) is 25.5 Å². The quantitative estimate of drug-likeness (QED) is 0.858. The minimum absolute atomic E-state index is 0.0161. The third kappa shape index (κ3) is 3.75. The summed E-state index contributed by atoms with van der Waals surface area (Å²) in [4.78, 5) is 28.1. The number of nitrogens with zero attached hydrogens (tertiary/aromatic N) is 2. The van der Waals surface area contributed by atoms with E-state index in [1.807, 2.05) is 18.2 Å². The first-order valence-corrected chi connectivity index (χ1v) is 9.07. The highest BCUT2D eigenvalue weighted by molar-refractivity contribution is 6.02. The summed E-state index contributed by atoms with van der Waals surface area (Å²) < 4.78 is 28.4. The number of likely N-dealkylation sites (N-methyl/N-ethyl adjacent to an activating group) is 1. The fourth-order valence-electron chi connectivity index (χ4n) is 3.67. The second-order valence-corrected chi connectivity index (χ2v) is 7.10. The molecular formula is C21H23F2N3O2. The molecule has 148 valence electrons. The van der Waals surface area contributed by atoms with Gasteiger partial charge in [0.05, 0.1) is 6.04 Å². The summed E-state index contributed by atoms with van der Waals surface area (Å²) >= 11 is 0. The Balaban J connectivity index is 1.78. The topological polar surface area (TPSA) is 52.7 Å². The second-order valence-electron chi connectivity index (χ2n) is 7.10. The molecule has 28 heavy (non-hydrogen) atoms. The number of hydrogen-bond donors (Lipinski definition) is 1. The number of para-hydroxylation sites is 1. The van der Waals surface area contributed by atoms with Crippen LogP contribution in [0.2, 0.25) is 0 Å². The van der Waals surface area contributed by atoms with E-state index in [1.54, 1.807) is 25.1 Å². The molecule has 1 N–H and O–H groups in total. The molecule has 1 unspecified atom stereocenters. The van der Waals surface area contributed by atoms with E-state index in [4.69, 9.17) is 0 Å². The number of carbonyl (C=O) groups is 2. The Kier molecular flexibility index (Phi) is 5.74. The van der Waals surface area contributed by atoms with Crippen LogP contribution in [0.3, 0.4) is 0 Å². The predicted molar refractivity (Wildman–Crippen MR) is 103 cm³/mol. The monoisotopic (exact) mass is 387 g/mol. The van der Waals surface area contributed by atoms with Gasteiger partial charge in [-0.1, -0.05) is 24.3 Å². The van der Waals surface area contributed by atoms with Crippen LogP contribution in [-0.2, 0) is 16.0 Å². The molecule has 2 atom stereocenters. The van der Waals surface area contributed by atoms with E-state index in [-0.39, 0.29) is 23.9 Å².